The van der Waals surface area contributed by atoms with Crippen molar-refractivity contribution in [3.8, 4) is 0 Å². The fourth-order valence-electron chi connectivity index (χ4n) is 2.44. The molecule has 0 saturated carbocycles. The van der Waals surface area contributed by atoms with Gasteiger partial charge in [-0.2, -0.15) is 0 Å². The minimum Gasteiger partial charge on any atom is -0.654 e. The quantitative estimate of drug-likeness (QED) is 0.247. The van der Waals surface area contributed by atoms with Gasteiger partial charge in [-0.05, 0) is 12.8 Å². The van der Waals surface area contributed by atoms with E-state index in [2.05, 4.69) is 67.0 Å². The van der Waals surface area contributed by atoms with Crippen LogP contribution < -0.4 is 78.7 Å². The van der Waals surface area contributed by atoms with Crippen LogP contribution in [0.2, 0.25) is 0 Å². The molecule has 0 atom stereocenters. The number of rotatable bonds is 8. The number of quaternary nitrogens is 4. The first-order valence-electron chi connectivity index (χ1n) is 12.1. The molecule has 0 aromatic heterocycles. The Bertz CT molecular complexity index is 418. The maximum atomic E-state index is 4.89. The van der Waals surface area contributed by atoms with Crippen LogP contribution in [0.25, 0.3) is 10.6 Å². The van der Waals surface area contributed by atoms with Crippen LogP contribution in [-0.2, 0) is 9.47 Å². The van der Waals surface area contributed by atoms with Gasteiger partial charge in [-0.25, -0.2) is 0 Å². The van der Waals surface area contributed by atoms with Gasteiger partial charge in [0.15, 0.2) is 0 Å². The summed E-state index contributed by atoms with van der Waals surface area (Å²) in [5, 5.41) is 8.17. The summed E-state index contributed by atoms with van der Waals surface area (Å²) in [6.45, 7) is 6.93. The molecule has 0 bridgehead atoms. The van der Waals surface area contributed by atoms with E-state index >= 15 is 0 Å². The van der Waals surface area contributed by atoms with Crippen molar-refractivity contribution in [3.05, 3.63) is 34.6 Å². The topological polar surface area (TPSA) is 64.4 Å². The van der Waals surface area contributed by atoms with Gasteiger partial charge >= 0.3 is 59.1 Å². The second kappa shape index (κ2) is 29.7. The van der Waals surface area contributed by atoms with E-state index in [0.29, 0.717) is 0 Å². The Balaban J connectivity index is -0.000000173. The van der Waals surface area contributed by atoms with Crippen molar-refractivity contribution in [1.29, 1.82) is 0 Å². The van der Waals surface area contributed by atoms with Crippen LogP contribution in [0, 0.1) is 0 Å². The minimum absolute atomic E-state index is 0. The molecule has 2 heterocycles. The molecule has 10 heteroatoms. The molecular weight excluding hydrogens is 450 g/mol. The number of nitrogens with zero attached hydrogens (tertiary/aromatic N) is 2. The van der Waals surface area contributed by atoms with Gasteiger partial charge < -0.3 is 39.7 Å². The van der Waals surface area contributed by atoms with Gasteiger partial charge in [0.25, 0.3) is 0 Å². The minimum atomic E-state index is 0. The third-order valence-corrected chi connectivity index (χ3v) is 4.57. The molecule has 2 aliphatic rings. The largest absolute Gasteiger partial charge is 1.00 e. The summed E-state index contributed by atoms with van der Waals surface area (Å²) in [5.41, 5.74) is 0. The molecule has 0 unspecified atom stereocenters. The molecule has 0 amide bonds. The first-order chi connectivity index (χ1) is 15.1. The Morgan fingerprint density at radius 1 is 0.588 bits per heavy atom. The third-order valence-electron chi connectivity index (χ3n) is 4.57. The molecule has 0 aliphatic carbocycles. The van der Waals surface area contributed by atoms with Gasteiger partial charge in [0, 0.05) is 11.8 Å². The molecule has 2 rings (SSSR count). The number of likely N-dealkylation sites (N-methyl/N-ethyl adjacent to an activating group) is 4. The number of hydrogen-bond donors (Lipinski definition) is 4. The fourth-order valence-corrected chi connectivity index (χ4v) is 2.44. The SMILES string of the molecule is COC1=CCCC[N-]1.COC1=CCCC[N-]1.C[NH+](C)CC[NH+](C)C.C[NH+](C)CC[NH+](C)C.[Na+].[Na+]. The summed E-state index contributed by atoms with van der Waals surface area (Å²) in [6, 6.07) is 0. The molecule has 2 aliphatic heterocycles. The molecule has 34 heavy (non-hydrogen) atoms. The van der Waals surface area contributed by atoms with Crippen molar-refractivity contribution in [1.82, 2.24) is 0 Å². The van der Waals surface area contributed by atoms with E-state index in [4.69, 9.17) is 9.47 Å². The number of nitrogens with one attached hydrogen (secondary N) is 4. The van der Waals surface area contributed by atoms with Gasteiger partial charge in [0.05, 0.1) is 70.6 Å². The molecule has 0 saturated heterocycles. The molecule has 0 fully saturated rings. The van der Waals surface area contributed by atoms with E-state index in [1.165, 1.54) is 58.6 Å². The average molecular weight is 507 g/mol. The Labute approximate surface area is 256 Å². The number of allylic oxidation sites excluding steroid dienone is 2. The number of hydrogen-bond acceptors (Lipinski definition) is 2. The van der Waals surface area contributed by atoms with E-state index < -0.39 is 0 Å². The van der Waals surface area contributed by atoms with Crippen molar-refractivity contribution in [2.75, 3.05) is 110 Å². The zero-order valence-electron chi connectivity index (χ0n) is 24.9. The van der Waals surface area contributed by atoms with Crippen LogP contribution in [-0.4, -0.2) is 110 Å². The maximum absolute atomic E-state index is 4.89. The van der Waals surface area contributed by atoms with Gasteiger partial charge in [-0.15, -0.1) is 13.1 Å². The first kappa shape index (κ1) is 41.6. The van der Waals surface area contributed by atoms with Crippen molar-refractivity contribution in [2.45, 2.75) is 25.7 Å². The Kier molecular flexibility index (Phi) is 36.4. The third kappa shape index (κ3) is 34.7. The standard InChI is InChI=1S/2C6H16N2.2C6H10NO.2Na/c2*1-7(2)5-6-8(3)4;2*1-8-6-4-2-3-5-7-6;;/h2*5-6H2,1-4H3;2*4H,2-3,5H2,1H3;;/q;;2*-1;2*+1/p+4. The molecule has 192 valence electrons. The van der Waals surface area contributed by atoms with Gasteiger partial charge in [-0.1, -0.05) is 25.0 Å². The zero-order chi connectivity index (χ0) is 24.8. The van der Waals surface area contributed by atoms with Crippen LogP contribution in [0.5, 0.6) is 0 Å². The van der Waals surface area contributed by atoms with Crippen LogP contribution in [0.1, 0.15) is 25.7 Å². The van der Waals surface area contributed by atoms with E-state index in [9.17, 15) is 0 Å². The second-order valence-corrected chi connectivity index (χ2v) is 9.37. The van der Waals surface area contributed by atoms with Gasteiger partial charge in [0.1, 0.15) is 26.2 Å². The Hall–Kier alpha value is 0.520. The summed E-state index contributed by atoms with van der Waals surface area (Å²) in [6.07, 6.45) is 8.62. The van der Waals surface area contributed by atoms with Crippen molar-refractivity contribution >= 4 is 0 Å². The number of ether oxygens (including phenoxy) is 2. The normalized spacial score (nSPS) is 14.2. The van der Waals surface area contributed by atoms with Crippen molar-refractivity contribution < 1.29 is 88.2 Å². The second-order valence-electron chi connectivity index (χ2n) is 9.37. The van der Waals surface area contributed by atoms with E-state index in [-0.39, 0.29) is 59.1 Å². The summed E-state index contributed by atoms with van der Waals surface area (Å²) in [7, 11) is 20.8. The zero-order valence-corrected chi connectivity index (χ0v) is 28.9. The van der Waals surface area contributed by atoms with Gasteiger partial charge in [0.2, 0.25) is 0 Å². The number of methoxy groups -OCH3 is 2. The van der Waals surface area contributed by atoms with E-state index in [1.54, 1.807) is 14.2 Å². The Morgan fingerprint density at radius 3 is 0.971 bits per heavy atom. The summed E-state index contributed by atoms with van der Waals surface area (Å²) >= 11 is 0. The van der Waals surface area contributed by atoms with Crippen molar-refractivity contribution in [2.24, 2.45) is 0 Å². The molecule has 4 N–H and O–H groups in total. The first-order valence-corrected chi connectivity index (χ1v) is 12.1. The predicted octanol–water partition coefficient (Wildman–Crippen LogP) is -8.16. The molecule has 0 spiro atoms. The van der Waals surface area contributed by atoms with Crippen LogP contribution >= 0.6 is 0 Å². The Morgan fingerprint density at radius 2 is 0.853 bits per heavy atom. The molecule has 0 aromatic carbocycles. The molecular formula is C24H56N6Na2O2+4. The van der Waals surface area contributed by atoms with E-state index in [0.717, 1.165) is 37.7 Å². The summed E-state index contributed by atoms with van der Waals surface area (Å²) in [5.74, 6) is 1.60. The smallest absolute Gasteiger partial charge is 0.654 e. The van der Waals surface area contributed by atoms with Crippen LogP contribution in [0.15, 0.2) is 23.9 Å². The van der Waals surface area contributed by atoms with Crippen LogP contribution in [0.4, 0.5) is 0 Å². The molecule has 0 aromatic rings. The maximum Gasteiger partial charge on any atom is 1.00 e. The average Bonchev–Trinajstić information content (AvgIpc) is 2.78. The van der Waals surface area contributed by atoms with E-state index in [1.807, 2.05) is 12.2 Å². The predicted molar refractivity (Wildman–Crippen MR) is 136 cm³/mol. The summed E-state index contributed by atoms with van der Waals surface area (Å²) < 4.78 is 9.77. The monoisotopic (exact) mass is 506 g/mol. The van der Waals surface area contributed by atoms with Crippen LogP contribution in [0.3, 0.4) is 0 Å². The fraction of sp³-hybridized carbons (Fsp3) is 0.833. The van der Waals surface area contributed by atoms with Gasteiger partial charge in [-0.3, -0.25) is 0 Å². The summed E-state index contributed by atoms with van der Waals surface area (Å²) in [4.78, 5) is 6.13. The van der Waals surface area contributed by atoms with Crippen molar-refractivity contribution in [3.63, 3.8) is 0 Å². The molecule has 8 nitrogen and oxygen atoms in total. The molecule has 0 radical (unpaired) electrons.